The Bertz CT molecular complexity index is 1580. The highest BCUT2D eigenvalue weighted by atomic mass is 79.9. The third-order valence-electron chi connectivity index (χ3n) is 6.10. The maximum absolute atomic E-state index is 13.8. The summed E-state index contributed by atoms with van der Waals surface area (Å²) in [5.74, 6) is 0.450. The van der Waals surface area contributed by atoms with Crippen LogP contribution in [-0.2, 0) is 17.6 Å². The molecule has 2 aromatic heterocycles. The summed E-state index contributed by atoms with van der Waals surface area (Å²) in [5, 5.41) is 5.21. The van der Waals surface area contributed by atoms with E-state index in [1.807, 2.05) is 60.7 Å². The van der Waals surface area contributed by atoms with Gasteiger partial charge in [-0.1, -0.05) is 42.1 Å². The van der Waals surface area contributed by atoms with Gasteiger partial charge in [-0.25, -0.2) is 10.4 Å². The number of benzene rings is 2. The average molecular weight is 610 g/mol. The van der Waals surface area contributed by atoms with Crippen molar-refractivity contribution in [3.63, 3.8) is 0 Å². The summed E-state index contributed by atoms with van der Waals surface area (Å²) in [7, 11) is 1.60. The molecular formula is C28H25BrN4O3S2. The van der Waals surface area contributed by atoms with Crippen LogP contribution < -0.4 is 15.7 Å². The van der Waals surface area contributed by atoms with Crippen LogP contribution in [0.15, 0.2) is 74.1 Å². The molecule has 0 aliphatic heterocycles. The SMILES string of the molecule is COc1ccc(-n2c(SCC(=O)NN=CC(Br)=Cc3ccccc3)nc3sc4c(c3c2=O)CCCC4)cc1. The number of hydrogen-bond donors (Lipinski definition) is 1. The Morgan fingerprint density at radius 2 is 1.95 bits per heavy atom. The molecule has 1 aliphatic carbocycles. The fourth-order valence-electron chi connectivity index (χ4n) is 4.32. The Balaban J connectivity index is 1.38. The molecule has 194 valence electrons. The van der Waals surface area contributed by atoms with E-state index in [4.69, 9.17) is 9.72 Å². The number of nitrogens with zero attached hydrogens (tertiary/aromatic N) is 3. The number of allylic oxidation sites excluding steroid dienone is 1. The van der Waals surface area contributed by atoms with Gasteiger partial charge in [-0.15, -0.1) is 11.3 Å². The first-order chi connectivity index (χ1) is 18.5. The molecule has 4 aromatic rings. The minimum Gasteiger partial charge on any atom is -0.497 e. The van der Waals surface area contributed by atoms with Gasteiger partial charge in [0.2, 0.25) is 0 Å². The van der Waals surface area contributed by atoms with Crippen LogP contribution in [0.2, 0.25) is 0 Å². The van der Waals surface area contributed by atoms with Gasteiger partial charge < -0.3 is 4.74 Å². The molecule has 7 nitrogen and oxygen atoms in total. The van der Waals surface area contributed by atoms with Gasteiger partial charge in [-0.05, 0) is 83.1 Å². The van der Waals surface area contributed by atoms with Gasteiger partial charge in [0.25, 0.3) is 11.5 Å². The maximum Gasteiger partial charge on any atom is 0.267 e. The number of rotatable bonds is 8. The van der Waals surface area contributed by atoms with Crippen LogP contribution in [0.3, 0.4) is 0 Å². The summed E-state index contributed by atoms with van der Waals surface area (Å²) in [6.45, 7) is 0. The van der Waals surface area contributed by atoms with Crippen LogP contribution in [0.1, 0.15) is 28.8 Å². The predicted molar refractivity (Wildman–Crippen MR) is 159 cm³/mol. The number of aryl methyl sites for hydroxylation is 2. The Labute approximate surface area is 236 Å². The second-order valence-corrected chi connectivity index (χ2v) is 11.6. The molecule has 38 heavy (non-hydrogen) atoms. The summed E-state index contributed by atoms with van der Waals surface area (Å²) >= 11 is 6.25. The van der Waals surface area contributed by atoms with Gasteiger partial charge in [0.05, 0.1) is 30.2 Å². The molecule has 0 fully saturated rings. The zero-order valence-corrected chi connectivity index (χ0v) is 23.9. The van der Waals surface area contributed by atoms with E-state index in [9.17, 15) is 9.59 Å². The first kappa shape index (κ1) is 26.4. The molecule has 1 aliphatic rings. The number of ether oxygens (including phenoxy) is 1. The van der Waals surface area contributed by atoms with Crippen molar-refractivity contribution in [1.82, 2.24) is 15.0 Å². The minimum absolute atomic E-state index is 0.0521. The summed E-state index contributed by atoms with van der Waals surface area (Å²) < 4.78 is 7.61. The van der Waals surface area contributed by atoms with Crippen LogP contribution in [0.5, 0.6) is 5.75 Å². The number of thioether (sulfide) groups is 1. The second-order valence-electron chi connectivity index (χ2n) is 8.65. The van der Waals surface area contributed by atoms with Gasteiger partial charge >= 0.3 is 0 Å². The molecule has 1 N–H and O–H groups in total. The first-order valence-corrected chi connectivity index (χ1v) is 14.7. The lowest BCUT2D eigenvalue weighted by Gasteiger charge is -2.14. The molecule has 5 rings (SSSR count). The number of fused-ring (bicyclic) bond motifs is 3. The largest absolute Gasteiger partial charge is 0.497 e. The third kappa shape index (κ3) is 5.92. The standard InChI is InChI=1S/C28H25BrN4O3S2/c1-36-21-13-11-20(12-14-21)33-27(35)25-22-9-5-6-10-23(22)38-26(25)31-28(33)37-17-24(34)32-30-16-19(29)15-18-7-3-2-4-8-18/h2-4,7-8,11-16H,5-6,9-10,17H2,1H3,(H,32,34). The van der Waals surface area contributed by atoms with E-state index in [0.717, 1.165) is 46.1 Å². The van der Waals surface area contributed by atoms with E-state index in [2.05, 4.69) is 26.5 Å². The van der Waals surface area contributed by atoms with Crippen molar-refractivity contribution in [2.24, 2.45) is 5.10 Å². The van der Waals surface area contributed by atoms with Crippen LogP contribution in [0.4, 0.5) is 0 Å². The number of amides is 1. The molecule has 2 heterocycles. The lowest BCUT2D eigenvalue weighted by Crippen LogP contribution is -2.24. The topological polar surface area (TPSA) is 85.6 Å². The Morgan fingerprint density at radius 3 is 2.71 bits per heavy atom. The first-order valence-electron chi connectivity index (χ1n) is 12.1. The average Bonchev–Trinajstić information content (AvgIpc) is 3.31. The molecule has 2 aromatic carbocycles. The molecule has 0 spiro atoms. The normalized spacial score (nSPS) is 13.6. The molecule has 0 bridgehead atoms. The number of hydrazone groups is 1. The number of carbonyl (C=O) groups is 1. The summed E-state index contributed by atoms with van der Waals surface area (Å²) in [6.07, 6.45) is 7.52. The van der Waals surface area contributed by atoms with Crippen molar-refractivity contribution in [2.45, 2.75) is 30.8 Å². The van der Waals surface area contributed by atoms with Crippen LogP contribution in [-0.4, -0.2) is 34.5 Å². The molecule has 1 amide bonds. The van der Waals surface area contributed by atoms with E-state index >= 15 is 0 Å². The van der Waals surface area contributed by atoms with Crippen molar-refractivity contribution in [3.05, 3.63) is 85.4 Å². The zero-order chi connectivity index (χ0) is 26.5. The highest BCUT2D eigenvalue weighted by Gasteiger charge is 2.23. The quantitative estimate of drug-likeness (QED) is 0.115. The van der Waals surface area contributed by atoms with E-state index in [1.165, 1.54) is 22.9 Å². The van der Waals surface area contributed by atoms with Crippen LogP contribution >= 0.6 is 39.0 Å². The number of thiophene rings is 1. The lowest BCUT2D eigenvalue weighted by atomic mass is 9.97. The highest BCUT2D eigenvalue weighted by Crippen LogP contribution is 2.35. The number of carbonyl (C=O) groups excluding carboxylic acids is 1. The van der Waals surface area contributed by atoms with Crippen molar-refractivity contribution >= 4 is 67.4 Å². The summed E-state index contributed by atoms with van der Waals surface area (Å²) in [4.78, 5) is 33.3. The number of halogens is 1. The number of aromatic nitrogens is 2. The van der Waals surface area contributed by atoms with Crippen molar-refractivity contribution < 1.29 is 9.53 Å². The molecule has 0 saturated carbocycles. The van der Waals surface area contributed by atoms with Crippen molar-refractivity contribution in [1.29, 1.82) is 0 Å². The number of hydrogen-bond acceptors (Lipinski definition) is 7. The monoisotopic (exact) mass is 608 g/mol. The molecule has 0 saturated heterocycles. The zero-order valence-electron chi connectivity index (χ0n) is 20.6. The molecule has 10 heteroatoms. The summed E-state index contributed by atoms with van der Waals surface area (Å²) in [5.41, 5.74) is 5.27. The predicted octanol–water partition coefficient (Wildman–Crippen LogP) is 5.96. The maximum atomic E-state index is 13.8. The van der Waals surface area contributed by atoms with Gasteiger partial charge in [-0.3, -0.25) is 14.2 Å². The third-order valence-corrected chi connectivity index (χ3v) is 8.66. The fraction of sp³-hybridized carbons (Fsp3) is 0.214. The molecule has 0 radical (unpaired) electrons. The van der Waals surface area contributed by atoms with Crippen LogP contribution in [0.25, 0.3) is 22.0 Å². The second kappa shape index (κ2) is 12.1. The number of nitrogens with one attached hydrogen (secondary N) is 1. The molecular weight excluding hydrogens is 584 g/mol. The van der Waals surface area contributed by atoms with Crippen molar-refractivity contribution in [3.8, 4) is 11.4 Å². The molecule has 0 atom stereocenters. The highest BCUT2D eigenvalue weighted by molar-refractivity contribution is 9.12. The van der Waals surface area contributed by atoms with Gasteiger partial charge in [0.15, 0.2) is 5.16 Å². The smallest absolute Gasteiger partial charge is 0.267 e. The lowest BCUT2D eigenvalue weighted by molar-refractivity contribution is -0.118. The van der Waals surface area contributed by atoms with Gasteiger partial charge in [0, 0.05) is 9.36 Å². The minimum atomic E-state index is -0.299. The fourth-order valence-corrected chi connectivity index (χ4v) is 6.79. The van der Waals surface area contributed by atoms with E-state index < -0.39 is 0 Å². The Morgan fingerprint density at radius 1 is 1.18 bits per heavy atom. The van der Waals surface area contributed by atoms with E-state index in [0.29, 0.717) is 22.0 Å². The molecule has 0 unspecified atom stereocenters. The van der Waals surface area contributed by atoms with Gasteiger partial charge in [-0.2, -0.15) is 5.10 Å². The Hall–Kier alpha value is -3.21. The number of methoxy groups -OCH3 is 1. The Kier molecular flexibility index (Phi) is 8.41. The van der Waals surface area contributed by atoms with Gasteiger partial charge in [0.1, 0.15) is 10.6 Å². The van der Waals surface area contributed by atoms with E-state index in [1.54, 1.807) is 23.0 Å². The van der Waals surface area contributed by atoms with Crippen LogP contribution in [0, 0.1) is 0 Å². The van der Waals surface area contributed by atoms with Crippen molar-refractivity contribution in [2.75, 3.05) is 12.9 Å². The summed E-state index contributed by atoms with van der Waals surface area (Å²) in [6, 6.07) is 17.1. The van der Waals surface area contributed by atoms with E-state index in [-0.39, 0.29) is 17.2 Å².